The first-order chi connectivity index (χ1) is 9.90. The molecule has 0 saturated carbocycles. The maximum Gasteiger partial charge on any atom is 0.308 e. The number of rotatable bonds is 3. The first-order valence-corrected chi connectivity index (χ1v) is 6.67. The molecule has 1 N–H and O–H groups in total. The van der Waals surface area contributed by atoms with Crippen molar-refractivity contribution in [1.29, 1.82) is 0 Å². The topological polar surface area (TPSA) is 101 Å². The number of piperidine rings is 1. The summed E-state index contributed by atoms with van der Waals surface area (Å²) in [6.45, 7) is 2.23. The van der Waals surface area contributed by atoms with Gasteiger partial charge >= 0.3 is 5.97 Å². The minimum absolute atomic E-state index is 0.104. The fourth-order valence-electron chi connectivity index (χ4n) is 2.48. The Labute approximate surface area is 121 Å². The molecule has 21 heavy (non-hydrogen) atoms. The molecular formula is C14H16N2O5. The molecule has 1 fully saturated rings. The molecule has 0 aromatic heterocycles. The van der Waals surface area contributed by atoms with Gasteiger partial charge in [-0.25, -0.2) is 0 Å². The first kappa shape index (κ1) is 15.0. The number of amides is 1. The lowest BCUT2D eigenvalue weighted by Gasteiger charge is -2.30. The highest BCUT2D eigenvalue weighted by atomic mass is 16.6. The number of carbonyl (C=O) groups is 2. The third-order valence-corrected chi connectivity index (χ3v) is 3.71. The van der Waals surface area contributed by atoms with Crippen LogP contribution in [0.15, 0.2) is 18.2 Å². The Morgan fingerprint density at radius 2 is 2.14 bits per heavy atom. The van der Waals surface area contributed by atoms with E-state index in [9.17, 15) is 19.7 Å². The number of carboxylic acid groups (broad SMARTS) is 1. The number of nitro benzene ring substituents is 1. The van der Waals surface area contributed by atoms with E-state index in [0.29, 0.717) is 24.9 Å². The zero-order valence-electron chi connectivity index (χ0n) is 11.6. The molecule has 7 heteroatoms. The highest BCUT2D eigenvalue weighted by Gasteiger charge is 2.29. The van der Waals surface area contributed by atoms with Crippen LogP contribution in [-0.2, 0) is 4.79 Å². The SMILES string of the molecule is Cc1ccc(C(=O)N2CCC[C@@H](C(=O)O)C2)cc1[N+](=O)[O-]. The molecule has 1 aliphatic rings. The maximum absolute atomic E-state index is 12.4. The maximum atomic E-state index is 12.4. The molecule has 1 aromatic rings. The average Bonchev–Trinajstić information content (AvgIpc) is 2.46. The molecule has 0 radical (unpaired) electrons. The summed E-state index contributed by atoms with van der Waals surface area (Å²) in [7, 11) is 0. The Hall–Kier alpha value is -2.44. The van der Waals surface area contributed by atoms with Crippen LogP contribution in [0.1, 0.15) is 28.8 Å². The number of hydrogen-bond acceptors (Lipinski definition) is 4. The normalized spacial score (nSPS) is 18.3. The van der Waals surface area contributed by atoms with Crippen molar-refractivity contribution in [2.45, 2.75) is 19.8 Å². The Morgan fingerprint density at radius 1 is 1.43 bits per heavy atom. The predicted molar refractivity (Wildman–Crippen MR) is 74.1 cm³/mol. The van der Waals surface area contributed by atoms with E-state index in [4.69, 9.17) is 5.11 Å². The number of nitrogens with zero attached hydrogens (tertiary/aromatic N) is 2. The number of aryl methyl sites for hydroxylation is 1. The average molecular weight is 292 g/mol. The zero-order valence-corrected chi connectivity index (χ0v) is 11.6. The van der Waals surface area contributed by atoms with Gasteiger partial charge < -0.3 is 10.0 Å². The van der Waals surface area contributed by atoms with Gasteiger partial charge in [-0.1, -0.05) is 6.07 Å². The number of benzene rings is 1. The summed E-state index contributed by atoms with van der Waals surface area (Å²) in [5, 5.41) is 20.0. The van der Waals surface area contributed by atoms with Crippen molar-refractivity contribution in [3.05, 3.63) is 39.4 Å². The van der Waals surface area contributed by atoms with Crippen LogP contribution >= 0.6 is 0 Å². The minimum Gasteiger partial charge on any atom is -0.481 e. The third-order valence-electron chi connectivity index (χ3n) is 3.71. The summed E-state index contributed by atoms with van der Waals surface area (Å²) < 4.78 is 0. The largest absolute Gasteiger partial charge is 0.481 e. The molecule has 2 rings (SSSR count). The van der Waals surface area contributed by atoms with Gasteiger partial charge in [0.25, 0.3) is 11.6 Å². The number of carboxylic acids is 1. The highest BCUT2D eigenvalue weighted by Crippen LogP contribution is 2.23. The fraction of sp³-hybridized carbons (Fsp3) is 0.429. The summed E-state index contributed by atoms with van der Waals surface area (Å²) in [5.74, 6) is -1.84. The van der Waals surface area contributed by atoms with Crippen molar-refractivity contribution < 1.29 is 19.6 Å². The van der Waals surface area contributed by atoms with Crippen LogP contribution in [0, 0.1) is 23.0 Å². The Balaban J connectivity index is 2.22. The lowest BCUT2D eigenvalue weighted by atomic mass is 9.97. The monoisotopic (exact) mass is 292 g/mol. The van der Waals surface area contributed by atoms with Crippen LogP contribution in [0.3, 0.4) is 0 Å². The van der Waals surface area contributed by atoms with Crippen molar-refractivity contribution in [3.63, 3.8) is 0 Å². The van der Waals surface area contributed by atoms with Crippen LogP contribution < -0.4 is 0 Å². The van der Waals surface area contributed by atoms with Crippen molar-refractivity contribution in [2.75, 3.05) is 13.1 Å². The smallest absolute Gasteiger partial charge is 0.308 e. The number of carbonyl (C=O) groups excluding carboxylic acids is 1. The van der Waals surface area contributed by atoms with E-state index < -0.39 is 16.8 Å². The molecule has 0 unspecified atom stereocenters. The summed E-state index contributed by atoms with van der Waals surface area (Å²) in [4.78, 5) is 35.2. The van der Waals surface area contributed by atoms with Crippen LogP contribution in [-0.4, -0.2) is 39.9 Å². The van der Waals surface area contributed by atoms with Crippen LogP contribution in [0.2, 0.25) is 0 Å². The number of aliphatic carboxylic acids is 1. The summed E-state index contributed by atoms with van der Waals surface area (Å²) in [6.07, 6.45) is 1.17. The van der Waals surface area contributed by atoms with E-state index in [1.54, 1.807) is 6.92 Å². The molecule has 1 saturated heterocycles. The van der Waals surface area contributed by atoms with Gasteiger partial charge in [0, 0.05) is 30.3 Å². The van der Waals surface area contributed by atoms with E-state index >= 15 is 0 Å². The molecule has 1 amide bonds. The van der Waals surface area contributed by atoms with E-state index in [1.165, 1.54) is 23.1 Å². The zero-order chi connectivity index (χ0) is 15.6. The number of likely N-dealkylation sites (tertiary alicyclic amines) is 1. The number of nitro groups is 1. The van der Waals surface area contributed by atoms with E-state index in [1.807, 2.05) is 0 Å². The minimum atomic E-state index is -0.914. The molecule has 1 aliphatic heterocycles. The van der Waals surface area contributed by atoms with Gasteiger partial charge in [-0.3, -0.25) is 19.7 Å². The van der Waals surface area contributed by atoms with E-state index in [-0.39, 0.29) is 23.7 Å². The lowest BCUT2D eigenvalue weighted by Crippen LogP contribution is -2.42. The van der Waals surface area contributed by atoms with Gasteiger partial charge in [-0.05, 0) is 25.8 Å². The molecule has 1 heterocycles. The van der Waals surface area contributed by atoms with Gasteiger partial charge in [0.1, 0.15) is 0 Å². The van der Waals surface area contributed by atoms with E-state index in [2.05, 4.69) is 0 Å². The summed E-state index contributed by atoms with van der Waals surface area (Å²) in [5.41, 5.74) is 0.601. The Morgan fingerprint density at radius 3 is 2.76 bits per heavy atom. The third kappa shape index (κ3) is 3.18. The van der Waals surface area contributed by atoms with E-state index in [0.717, 1.165) is 0 Å². The Bertz CT molecular complexity index is 599. The second-order valence-electron chi connectivity index (χ2n) is 5.19. The fourth-order valence-corrected chi connectivity index (χ4v) is 2.48. The molecule has 112 valence electrons. The molecule has 1 aromatic carbocycles. The van der Waals surface area contributed by atoms with Crippen LogP contribution in [0.5, 0.6) is 0 Å². The number of hydrogen-bond donors (Lipinski definition) is 1. The van der Waals surface area contributed by atoms with Gasteiger partial charge in [0.05, 0.1) is 10.8 Å². The van der Waals surface area contributed by atoms with Crippen LogP contribution in [0.4, 0.5) is 5.69 Å². The van der Waals surface area contributed by atoms with Gasteiger partial charge in [-0.15, -0.1) is 0 Å². The van der Waals surface area contributed by atoms with Gasteiger partial charge in [0.15, 0.2) is 0 Å². The van der Waals surface area contributed by atoms with Crippen molar-refractivity contribution in [3.8, 4) is 0 Å². The lowest BCUT2D eigenvalue weighted by molar-refractivity contribution is -0.385. The predicted octanol–water partition coefficient (Wildman–Crippen LogP) is 1.84. The quantitative estimate of drug-likeness (QED) is 0.676. The molecule has 1 atom stereocenters. The second kappa shape index (κ2) is 5.90. The molecule has 0 aliphatic carbocycles. The first-order valence-electron chi connectivity index (χ1n) is 6.67. The molecule has 0 bridgehead atoms. The van der Waals surface area contributed by atoms with Crippen molar-refractivity contribution in [2.24, 2.45) is 5.92 Å². The molecular weight excluding hydrogens is 276 g/mol. The van der Waals surface area contributed by atoms with Gasteiger partial charge in [0.2, 0.25) is 0 Å². The Kier molecular flexibility index (Phi) is 4.21. The van der Waals surface area contributed by atoms with Crippen LogP contribution in [0.25, 0.3) is 0 Å². The highest BCUT2D eigenvalue weighted by molar-refractivity contribution is 5.95. The van der Waals surface area contributed by atoms with Crippen molar-refractivity contribution in [1.82, 2.24) is 4.90 Å². The second-order valence-corrected chi connectivity index (χ2v) is 5.19. The summed E-state index contributed by atoms with van der Waals surface area (Å²) >= 11 is 0. The summed E-state index contributed by atoms with van der Waals surface area (Å²) in [6, 6.07) is 4.32. The van der Waals surface area contributed by atoms with Crippen molar-refractivity contribution >= 4 is 17.6 Å². The standard InChI is InChI=1S/C14H16N2O5/c1-9-4-5-10(7-12(9)16(20)21)13(17)15-6-2-3-11(8-15)14(18)19/h4-5,7,11H,2-3,6,8H2,1H3,(H,18,19)/t11-/m1/s1. The molecule has 0 spiro atoms. The molecule has 7 nitrogen and oxygen atoms in total. The van der Waals surface area contributed by atoms with Gasteiger partial charge in [-0.2, -0.15) is 0 Å².